The highest BCUT2D eigenvalue weighted by Crippen LogP contribution is 2.14. The molecule has 0 fully saturated rings. The van der Waals surface area contributed by atoms with Gasteiger partial charge >= 0.3 is 0 Å². The molecule has 0 aromatic heterocycles. The van der Waals surface area contributed by atoms with Crippen LogP contribution >= 0.6 is 12.4 Å². The second-order valence-corrected chi connectivity index (χ2v) is 4.22. The molecule has 0 saturated carbocycles. The molecule has 0 bridgehead atoms. The SMILES string of the molecule is CC(C)CCOc1cccc(CCN)c1.Cl. The van der Waals surface area contributed by atoms with Crippen molar-refractivity contribution in [2.24, 2.45) is 11.7 Å². The average molecular weight is 244 g/mol. The number of ether oxygens (including phenoxy) is 1. The van der Waals surface area contributed by atoms with Crippen LogP contribution in [0.2, 0.25) is 0 Å². The number of rotatable bonds is 6. The Labute approximate surface area is 105 Å². The molecule has 2 N–H and O–H groups in total. The van der Waals surface area contributed by atoms with Crippen molar-refractivity contribution in [1.29, 1.82) is 0 Å². The van der Waals surface area contributed by atoms with Crippen molar-refractivity contribution in [3.8, 4) is 5.75 Å². The molecule has 92 valence electrons. The summed E-state index contributed by atoms with van der Waals surface area (Å²) in [5, 5.41) is 0. The maximum atomic E-state index is 5.66. The zero-order valence-electron chi connectivity index (χ0n) is 10.1. The van der Waals surface area contributed by atoms with Gasteiger partial charge in [-0.2, -0.15) is 0 Å². The second kappa shape index (κ2) is 8.43. The summed E-state index contributed by atoms with van der Waals surface area (Å²) in [7, 11) is 0. The molecule has 0 spiro atoms. The van der Waals surface area contributed by atoms with E-state index in [0.717, 1.165) is 25.2 Å². The molecule has 0 unspecified atom stereocenters. The zero-order chi connectivity index (χ0) is 11.1. The third-order valence-corrected chi connectivity index (χ3v) is 2.30. The maximum Gasteiger partial charge on any atom is 0.119 e. The molecule has 0 heterocycles. The number of hydrogen-bond donors (Lipinski definition) is 1. The van der Waals surface area contributed by atoms with Gasteiger partial charge < -0.3 is 10.5 Å². The van der Waals surface area contributed by atoms with Gasteiger partial charge in [-0.3, -0.25) is 0 Å². The lowest BCUT2D eigenvalue weighted by atomic mass is 10.1. The van der Waals surface area contributed by atoms with E-state index in [2.05, 4.69) is 26.0 Å². The van der Waals surface area contributed by atoms with Gasteiger partial charge in [-0.25, -0.2) is 0 Å². The minimum atomic E-state index is 0. The summed E-state index contributed by atoms with van der Waals surface area (Å²) in [6, 6.07) is 8.19. The lowest BCUT2D eigenvalue weighted by Gasteiger charge is -2.09. The van der Waals surface area contributed by atoms with Gasteiger partial charge in [0.15, 0.2) is 0 Å². The van der Waals surface area contributed by atoms with Crippen LogP contribution in [-0.2, 0) is 6.42 Å². The standard InChI is InChI=1S/C13H21NO.ClH/c1-11(2)7-9-15-13-5-3-4-12(10-13)6-8-14;/h3-5,10-11H,6-9,14H2,1-2H3;1H. The first kappa shape index (κ1) is 15.3. The fourth-order valence-corrected chi connectivity index (χ4v) is 1.37. The Balaban J connectivity index is 0.00000225. The van der Waals surface area contributed by atoms with Crippen LogP contribution in [0.15, 0.2) is 24.3 Å². The number of benzene rings is 1. The third-order valence-electron chi connectivity index (χ3n) is 2.30. The van der Waals surface area contributed by atoms with Crippen LogP contribution in [-0.4, -0.2) is 13.2 Å². The van der Waals surface area contributed by atoms with E-state index in [-0.39, 0.29) is 12.4 Å². The van der Waals surface area contributed by atoms with Crippen molar-refractivity contribution in [3.05, 3.63) is 29.8 Å². The first-order valence-corrected chi connectivity index (χ1v) is 5.64. The van der Waals surface area contributed by atoms with Crippen molar-refractivity contribution in [1.82, 2.24) is 0 Å². The van der Waals surface area contributed by atoms with Gasteiger partial charge in [-0.15, -0.1) is 12.4 Å². The van der Waals surface area contributed by atoms with E-state index in [1.54, 1.807) is 0 Å². The van der Waals surface area contributed by atoms with Gasteiger partial charge in [-0.05, 0) is 43.0 Å². The molecule has 16 heavy (non-hydrogen) atoms. The largest absolute Gasteiger partial charge is 0.494 e. The lowest BCUT2D eigenvalue weighted by Crippen LogP contribution is -2.04. The monoisotopic (exact) mass is 243 g/mol. The van der Waals surface area contributed by atoms with Gasteiger partial charge in [0.05, 0.1) is 6.61 Å². The quantitative estimate of drug-likeness (QED) is 0.834. The third kappa shape index (κ3) is 5.99. The highest BCUT2D eigenvalue weighted by atomic mass is 35.5. The predicted molar refractivity (Wildman–Crippen MR) is 71.4 cm³/mol. The van der Waals surface area contributed by atoms with E-state index < -0.39 is 0 Å². The molecule has 1 aromatic carbocycles. The molecule has 0 saturated heterocycles. The molecule has 1 aromatic rings. The Hall–Kier alpha value is -0.730. The number of nitrogens with two attached hydrogens (primary N) is 1. The van der Waals surface area contributed by atoms with Crippen LogP contribution in [0, 0.1) is 5.92 Å². The lowest BCUT2D eigenvalue weighted by molar-refractivity contribution is 0.289. The van der Waals surface area contributed by atoms with Crippen molar-refractivity contribution < 1.29 is 4.74 Å². The van der Waals surface area contributed by atoms with E-state index in [9.17, 15) is 0 Å². The minimum Gasteiger partial charge on any atom is -0.494 e. The fraction of sp³-hybridized carbons (Fsp3) is 0.538. The Morgan fingerprint density at radius 1 is 1.31 bits per heavy atom. The van der Waals surface area contributed by atoms with Gasteiger partial charge in [0.25, 0.3) is 0 Å². The molecule has 0 atom stereocenters. The van der Waals surface area contributed by atoms with Crippen molar-refractivity contribution in [3.63, 3.8) is 0 Å². The summed E-state index contributed by atoms with van der Waals surface area (Å²) in [5.41, 5.74) is 6.76. The van der Waals surface area contributed by atoms with Gasteiger partial charge in [0, 0.05) is 0 Å². The van der Waals surface area contributed by atoms with Crippen LogP contribution in [0.3, 0.4) is 0 Å². The van der Waals surface area contributed by atoms with Crippen molar-refractivity contribution in [2.75, 3.05) is 13.2 Å². The van der Waals surface area contributed by atoms with E-state index in [1.165, 1.54) is 5.56 Å². The fourth-order valence-electron chi connectivity index (χ4n) is 1.37. The van der Waals surface area contributed by atoms with Crippen LogP contribution < -0.4 is 10.5 Å². The Kier molecular flexibility index (Phi) is 8.04. The van der Waals surface area contributed by atoms with Crippen LogP contribution in [0.4, 0.5) is 0 Å². The number of halogens is 1. The predicted octanol–water partition coefficient (Wildman–Crippen LogP) is 3.03. The molecule has 2 nitrogen and oxygen atoms in total. The summed E-state index contributed by atoms with van der Waals surface area (Å²) in [6.45, 7) is 5.89. The molecule has 0 aliphatic carbocycles. The normalized spacial score (nSPS) is 10.0. The molecule has 3 heteroatoms. The zero-order valence-corrected chi connectivity index (χ0v) is 10.9. The van der Waals surface area contributed by atoms with Gasteiger partial charge in [0.2, 0.25) is 0 Å². The van der Waals surface area contributed by atoms with Crippen molar-refractivity contribution >= 4 is 12.4 Å². The summed E-state index contributed by atoms with van der Waals surface area (Å²) in [5.74, 6) is 1.65. The first-order chi connectivity index (χ1) is 7.22. The Bertz CT molecular complexity index is 289. The highest BCUT2D eigenvalue weighted by Gasteiger charge is 1.98. The van der Waals surface area contributed by atoms with E-state index in [4.69, 9.17) is 10.5 Å². The molecule has 0 aliphatic heterocycles. The first-order valence-electron chi connectivity index (χ1n) is 5.64. The summed E-state index contributed by atoms with van der Waals surface area (Å²) in [4.78, 5) is 0. The minimum absolute atomic E-state index is 0. The molecular weight excluding hydrogens is 222 g/mol. The van der Waals surface area contributed by atoms with E-state index >= 15 is 0 Å². The van der Waals surface area contributed by atoms with E-state index in [1.807, 2.05) is 12.1 Å². The topological polar surface area (TPSA) is 35.2 Å². The summed E-state index contributed by atoms with van der Waals surface area (Å²) in [6.07, 6.45) is 2.02. The molecule has 1 rings (SSSR count). The molecule has 0 aliphatic rings. The van der Waals surface area contributed by atoms with Crippen LogP contribution in [0.25, 0.3) is 0 Å². The average Bonchev–Trinajstić information content (AvgIpc) is 2.18. The molecular formula is C13H22ClNO. The molecule has 0 amide bonds. The summed E-state index contributed by atoms with van der Waals surface area (Å²) < 4.78 is 5.66. The van der Waals surface area contributed by atoms with Crippen molar-refractivity contribution in [2.45, 2.75) is 26.7 Å². The Morgan fingerprint density at radius 2 is 2.06 bits per heavy atom. The van der Waals surface area contributed by atoms with Crippen LogP contribution in [0.5, 0.6) is 5.75 Å². The van der Waals surface area contributed by atoms with Gasteiger partial charge in [-0.1, -0.05) is 26.0 Å². The summed E-state index contributed by atoms with van der Waals surface area (Å²) >= 11 is 0. The maximum absolute atomic E-state index is 5.66. The highest BCUT2D eigenvalue weighted by molar-refractivity contribution is 5.85. The smallest absolute Gasteiger partial charge is 0.119 e. The Morgan fingerprint density at radius 3 is 2.69 bits per heavy atom. The van der Waals surface area contributed by atoms with E-state index in [0.29, 0.717) is 12.5 Å². The second-order valence-electron chi connectivity index (χ2n) is 4.22. The van der Waals surface area contributed by atoms with Crippen LogP contribution in [0.1, 0.15) is 25.8 Å². The molecule has 0 radical (unpaired) electrons. The number of hydrogen-bond acceptors (Lipinski definition) is 2. The van der Waals surface area contributed by atoms with Gasteiger partial charge in [0.1, 0.15) is 5.75 Å².